The van der Waals surface area contributed by atoms with Crippen molar-refractivity contribution in [3.63, 3.8) is 0 Å². The molecule has 0 saturated carbocycles. The highest BCUT2D eigenvalue weighted by atomic mass is 19.1. The average molecular weight is 400 g/mol. The van der Waals surface area contributed by atoms with E-state index >= 15 is 0 Å². The first kappa shape index (κ1) is 19.9. The summed E-state index contributed by atoms with van der Waals surface area (Å²) in [6.07, 6.45) is 0.402. The van der Waals surface area contributed by atoms with Gasteiger partial charge >= 0.3 is 5.97 Å². The maximum Gasteiger partial charge on any atom is 0.340 e. The molecule has 148 valence electrons. The van der Waals surface area contributed by atoms with E-state index in [1.807, 2.05) is 0 Å². The van der Waals surface area contributed by atoms with Gasteiger partial charge in [0.15, 0.2) is 5.75 Å². The minimum Gasteiger partial charge on any atom is -0.505 e. The van der Waals surface area contributed by atoms with Crippen molar-refractivity contribution in [1.82, 2.24) is 4.98 Å². The summed E-state index contributed by atoms with van der Waals surface area (Å²) >= 11 is 0. The molecular formula is C20H14F2N2O5. The normalized spacial score (nSPS) is 12.2. The topological polar surface area (TPSA) is 117 Å². The molecule has 0 saturated heterocycles. The quantitative estimate of drug-likeness (QED) is 0.569. The number of amides is 1. The summed E-state index contributed by atoms with van der Waals surface area (Å²) in [4.78, 5) is 36.9. The third-order valence-corrected chi connectivity index (χ3v) is 4.22. The fourth-order valence-corrected chi connectivity index (χ4v) is 2.85. The third-order valence-electron chi connectivity index (χ3n) is 4.22. The Labute approximate surface area is 162 Å². The number of aromatic carboxylic acids is 1. The standard InChI is InChI=1S/C12H10FNO3.C8H4FNO2/c1-2-8-11(15)10(12(16)17)7-5-6(13)3-4-9(7)14-8;9-4-1-2-6-5(3-4)7(11)8(12)10-6/h3-5,15H,2H2,1H3,(H,16,17);1-3H,(H,10,11,12). The predicted molar refractivity (Wildman–Crippen MR) is 99.1 cm³/mol. The van der Waals surface area contributed by atoms with Crippen molar-refractivity contribution in [2.75, 3.05) is 5.32 Å². The fraction of sp³-hybridized carbons (Fsp3) is 0.100. The number of hydrogen-bond acceptors (Lipinski definition) is 5. The van der Waals surface area contributed by atoms with Gasteiger partial charge in [0.05, 0.1) is 22.5 Å². The highest BCUT2D eigenvalue weighted by molar-refractivity contribution is 6.51. The zero-order valence-corrected chi connectivity index (χ0v) is 15.0. The van der Waals surface area contributed by atoms with Crippen molar-refractivity contribution >= 4 is 34.3 Å². The van der Waals surface area contributed by atoms with Crippen LogP contribution >= 0.6 is 0 Å². The second-order valence-electron chi connectivity index (χ2n) is 6.08. The number of anilines is 1. The van der Waals surface area contributed by atoms with Crippen LogP contribution < -0.4 is 5.32 Å². The third kappa shape index (κ3) is 3.75. The first-order valence-corrected chi connectivity index (χ1v) is 8.42. The van der Waals surface area contributed by atoms with Gasteiger partial charge in [-0.25, -0.2) is 18.6 Å². The van der Waals surface area contributed by atoms with E-state index in [1.165, 1.54) is 24.3 Å². The number of aromatic hydroxyl groups is 1. The number of nitrogens with one attached hydrogen (secondary N) is 1. The molecule has 0 bridgehead atoms. The molecule has 3 aromatic rings. The van der Waals surface area contributed by atoms with Crippen molar-refractivity contribution in [3.05, 3.63) is 64.9 Å². The second-order valence-corrected chi connectivity index (χ2v) is 6.08. The Kier molecular flexibility index (Phi) is 5.22. The highest BCUT2D eigenvalue weighted by Gasteiger charge is 2.27. The monoisotopic (exact) mass is 400 g/mol. The number of fused-ring (bicyclic) bond motifs is 2. The Morgan fingerprint density at radius 3 is 2.41 bits per heavy atom. The molecule has 4 rings (SSSR count). The predicted octanol–water partition coefficient (Wildman–Crippen LogP) is 3.30. The molecule has 7 nitrogen and oxygen atoms in total. The number of Topliss-reactive ketones (excluding diaryl/α,β-unsaturated/α-hetero) is 1. The molecule has 0 spiro atoms. The van der Waals surface area contributed by atoms with Crippen LogP contribution in [0.1, 0.15) is 33.3 Å². The zero-order valence-electron chi connectivity index (χ0n) is 15.0. The van der Waals surface area contributed by atoms with E-state index in [1.54, 1.807) is 6.92 Å². The Hall–Kier alpha value is -3.88. The molecule has 2 aromatic carbocycles. The van der Waals surface area contributed by atoms with Crippen molar-refractivity contribution < 1.29 is 33.4 Å². The van der Waals surface area contributed by atoms with Gasteiger partial charge < -0.3 is 15.5 Å². The molecule has 0 radical (unpaired) electrons. The molecule has 1 aromatic heterocycles. The van der Waals surface area contributed by atoms with E-state index in [0.29, 0.717) is 23.3 Å². The van der Waals surface area contributed by atoms with Crippen molar-refractivity contribution in [2.45, 2.75) is 13.3 Å². The minimum absolute atomic E-state index is 0.104. The summed E-state index contributed by atoms with van der Waals surface area (Å²) < 4.78 is 25.7. The van der Waals surface area contributed by atoms with Crippen LogP contribution in [-0.4, -0.2) is 32.9 Å². The Morgan fingerprint density at radius 2 is 1.76 bits per heavy atom. The van der Waals surface area contributed by atoms with Crippen LogP contribution in [0.4, 0.5) is 14.5 Å². The maximum atomic E-state index is 13.1. The average Bonchev–Trinajstić information content (AvgIpc) is 2.95. The number of carbonyl (C=O) groups excluding carboxylic acids is 2. The summed E-state index contributed by atoms with van der Waals surface area (Å²) in [5, 5.41) is 21.3. The number of carbonyl (C=O) groups is 3. The van der Waals surface area contributed by atoms with Gasteiger partial charge in [0.2, 0.25) is 0 Å². The van der Waals surface area contributed by atoms with Crippen molar-refractivity contribution in [3.8, 4) is 5.75 Å². The van der Waals surface area contributed by atoms with E-state index in [2.05, 4.69) is 10.3 Å². The molecule has 2 heterocycles. The smallest absolute Gasteiger partial charge is 0.340 e. The molecule has 0 aliphatic carbocycles. The van der Waals surface area contributed by atoms with Gasteiger partial charge in [-0.05, 0) is 42.8 Å². The minimum atomic E-state index is -1.30. The lowest BCUT2D eigenvalue weighted by Crippen LogP contribution is -2.12. The SMILES string of the molecule is CCc1nc2ccc(F)cc2c(C(=O)O)c1O.O=C1Nc2ccc(F)cc2C1=O. The fourth-order valence-electron chi connectivity index (χ4n) is 2.85. The molecule has 1 amide bonds. The van der Waals surface area contributed by atoms with Crippen LogP contribution in [0.5, 0.6) is 5.75 Å². The van der Waals surface area contributed by atoms with Gasteiger partial charge in [-0.3, -0.25) is 9.59 Å². The van der Waals surface area contributed by atoms with Crippen LogP contribution in [0.2, 0.25) is 0 Å². The molecule has 9 heteroatoms. The van der Waals surface area contributed by atoms with Gasteiger partial charge in [0, 0.05) is 5.39 Å². The first-order chi connectivity index (χ1) is 13.7. The highest BCUT2D eigenvalue weighted by Crippen LogP contribution is 2.29. The van der Waals surface area contributed by atoms with Crippen molar-refractivity contribution in [1.29, 1.82) is 0 Å². The van der Waals surface area contributed by atoms with E-state index in [-0.39, 0.29) is 16.5 Å². The number of aryl methyl sites for hydroxylation is 1. The molecule has 0 fully saturated rings. The number of rotatable bonds is 2. The number of hydrogen-bond donors (Lipinski definition) is 3. The summed E-state index contributed by atoms with van der Waals surface area (Å²) in [5.74, 6) is -4.14. The van der Waals surface area contributed by atoms with Gasteiger partial charge in [-0.15, -0.1) is 0 Å². The van der Waals surface area contributed by atoms with Gasteiger partial charge in [-0.1, -0.05) is 6.92 Å². The van der Waals surface area contributed by atoms with Crippen molar-refractivity contribution in [2.24, 2.45) is 0 Å². The van der Waals surface area contributed by atoms with Crippen LogP contribution in [0.25, 0.3) is 10.9 Å². The summed E-state index contributed by atoms with van der Waals surface area (Å²) in [5.41, 5.74) is 0.845. The molecule has 1 aliphatic rings. The molecular weight excluding hydrogens is 386 g/mol. The van der Waals surface area contributed by atoms with Crippen LogP contribution in [0, 0.1) is 11.6 Å². The summed E-state index contributed by atoms with van der Waals surface area (Å²) in [6, 6.07) is 7.28. The van der Waals surface area contributed by atoms with E-state index in [4.69, 9.17) is 5.11 Å². The van der Waals surface area contributed by atoms with E-state index in [9.17, 15) is 28.3 Å². The number of carboxylic acids is 1. The van der Waals surface area contributed by atoms with E-state index < -0.39 is 35.0 Å². The van der Waals surface area contributed by atoms with E-state index in [0.717, 1.165) is 12.1 Å². The van der Waals surface area contributed by atoms with Gasteiger partial charge in [-0.2, -0.15) is 0 Å². The number of pyridine rings is 1. The second kappa shape index (κ2) is 7.63. The largest absolute Gasteiger partial charge is 0.505 e. The zero-order chi connectivity index (χ0) is 21.3. The molecule has 0 atom stereocenters. The lowest BCUT2D eigenvalue weighted by Gasteiger charge is -2.08. The molecule has 29 heavy (non-hydrogen) atoms. The lowest BCUT2D eigenvalue weighted by atomic mass is 10.1. The Morgan fingerprint density at radius 1 is 1.10 bits per heavy atom. The van der Waals surface area contributed by atoms with Crippen LogP contribution in [-0.2, 0) is 11.2 Å². The first-order valence-electron chi connectivity index (χ1n) is 8.42. The van der Waals surface area contributed by atoms with Gasteiger partial charge in [0.1, 0.15) is 17.2 Å². The number of ketones is 1. The summed E-state index contributed by atoms with van der Waals surface area (Å²) in [7, 11) is 0. The Bertz CT molecular complexity index is 1180. The Balaban J connectivity index is 0.000000176. The number of aromatic nitrogens is 1. The molecule has 0 unspecified atom stereocenters. The van der Waals surface area contributed by atoms with Crippen LogP contribution in [0.3, 0.4) is 0 Å². The summed E-state index contributed by atoms with van der Waals surface area (Å²) in [6.45, 7) is 1.75. The lowest BCUT2D eigenvalue weighted by molar-refractivity contribution is -0.112. The van der Waals surface area contributed by atoms with Gasteiger partial charge in [0.25, 0.3) is 11.7 Å². The number of benzene rings is 2. The molecule has 1 aliphatic heterocycles. The number of halogens is 2. The van der Waals surface area contributed by atoms with Crippen LogP contribution in [0.15, 0.2) is 36.4 Å². The maximum absolute atomic E-state index is 13.1. The molecule has 3 N–H and O–H groups in total. The number of carboxylic acid groups (broad SMARTS) is 1. The number of nitrogens with zero attached hydrogens (tertiary/aromatic N) is 1.